The lowest BCUT2D eigenvalue weighted by Gasteiger charge is -2.30. The van der Waals surface area contributed by atoms with Gasteiger partial charge in [0.25, 0.3) is 5.91 Å². The highest BCUT2D eigenvalue weighted by atomic mass is 16.5. The maximum atomic E-state index is 12.4. The van der Waals surface area contributed by atoms with Gasteiger partial charge in [-0.15, -0.1) is 0 Å². The largest absolute Gasteiger partial charge is 0.369 e. The van der Waals surface area contributed by atoms with Crippen LogP contribution in [0, 0.1) is 0 Å². The van der Waals surface area contributed by atoms with Crippen LogP contribution in [0.1, 0.15) is 25.8 Å². The summed E-state index contributed by atoms with van der Waals surface area (Å²) in [4.78, 5) is 14.0. The minimum absolute atomic E-state index is 0.0481. The van der Waals surface area contributed by atoms with Crippen molar-refractivity contribution in [1.29, 1.82) is 0 Å². The highest BCUT2D eigenvalue weighted by Gasteiger charge is 2.34. The summed E-state index contributed by atoms with van der Waals surface area (Å²) in [5.74, 6) is -0.0481. The van der Waals surface area contributed by atoms with Crippen molar-refractivity contribution in [2.24, 2.45) is 5.73 Å². The summed E-state index contributed by atoms with van der Waals surface area (Å²) < 4.78 is 5.33. The van der Waals surface area contributed by atoms with E-state index in [0.29, 0.717) is 13.0 Å². The minimum atomic E-state index is -0.776. The zero-order valence-corrected chi connectivity index (χ0v) is 11.6. The van der Waals surface area contributed by atoms with Crippen LogP contribution in [0.2, 0.25) is 0 Å². The Labute approximate surface area is 109 Å². The number of nitrogens with zero attached hydrogens (tertiary/aromatic N) is 1. The Morgan fingerprint density at radius 2 is 1.94 bits per heavy atom. The molecule has 4 nitrogen and oxygen atoms in total. The van der Waals surface area contributed by atoms with Crippen LogP contribution in [0.4, 0.5) is 5.69 Å². The number of likely N-dealkylation sites (N-methyl/N-ethyl adjacent to an activating group) is 1. The van der Waals surface area contributed by atoms with Crippen LogP contribution in [-0.2, 0) is 16.1 Å². The Hall–Kier alpha value is -1.39. The first-order valence-electron chi connectivity index (χ1n) is 6.10. The smallest absolute Gasteiger partial charge is 0.258 e. The molecule has 0 aliphatic rings. The van der Waals surface area contributed by atoms with Crippen molar-refractivity contribution in [3.63, 3.8) is 0 Å². The fourth-order valence-electron chi connectivity index (χ4n) is 1.71. The molecule has 100 valence electrons. The molecule has 1 aromatic rings. The molecule has 0 aromatic heterocycles. The zero-order valence-electron chi connectivity index (χ0n) is 11.6. The fraction of sp³-hybridized carbons (Fsp3) is 0.500. The van der Waals surface area contributed by atoms with Crippen molar-refractivity contribution in [3.8, 4) is 0 Å². The molecule has 18 heavy (non-hydrogen) atoms. The van der Waals surface area contributed by atoms with Crippen molar-refractivity contribution >= 4 is 11.6 Å². The second-order valence-electron chi connectivity index (χ2n) is 4.52. The van der Waals surface area contributed by atoms with E-state index in [1.54, 1.807) is 26.0 Å². The van der Waals surface area contributed by atoms with Crippen molar-refractivity contribution in [2.75, 3.05) is 19.1 Å². The number of hydrogen-bond donors (Lipinski definition) is 1. The van der Waals surface area contributed by atoms with Gasteiger partial charge in [-0.25, -0.2) is 0 Å². The molecule has 4 heteroatoms. The summed E-state index contributed by atoms with van der Waals surface area (Å²) in [5.41, 5.74) is 6.66. The van der Waals surface area contributed by atoms with Crippen molar-refractivity contribution in [1.82, 2.24) is 0 Å². The number of rotatable bonds is 5. The molecule has 1 rings (SSSR count). The van der Waals surface area contributed by atoms with Crippen LogP contribution in [0.15, 0.2) is 24.3 Å². The van der Waals surface area contributed by atoms with Crippen LogP contribution in [0.3, 0.4) is 0 Å². The molecule has 0 fully saturated rings. The van der Waals surface area contributed by atoms with Crippen LogP contribution >= 0.6 is 0 Å². The first kappa shape index (κ1) is 14.7. The van der Waals surface area contributed by atoms with Crippen molar-refractivity contribution in [2.45, 2.75) is 32.4 Å². The maximum Gasteiger partial charge on any atom is 0.258 e. The van der Waals surface area contributed by atoms with Gasteiger partial charge in [-0.1, -0.05) is 19.1 Å². The predicted octanol–water partition coefficient (Wildman–Crippen LogP) is 1.92. The van der Waals surface area contributed by atoms with E-state index in [2.05, 4.69) is 0 Å². The minimum Gasteiger partial charge on any atom is -0.369 e. The highest BCUT2D eigenvalue weighted by molar-refractivity contribution is 5.98. The second-order valence-corrected chi connectivity index (χ2v) is 4.52. The molecule has 0 radical (unpaired) electrons. The quantitative estimate of drug-likeness (QED) is 0.868. The summed E-state index contributed by atoms with van der Waals surface area (Å²) in [5, 5.41) is 0. The van der Waals surface area contributed by atoms with Gasteiger partial charge in [-0.05, 0) is 31.0 Å². The van der Waals surface area contributed by atoms with Gasteiger partial charge in [0.05, 0.1) is 0 Å². The highest BCUT2D eigenvalue weighted by Crippen LogP contribution is 2.22. The molecule has 1 amide bonds. The molecule has 0 bridgehead atoms. The normalized spacial score (nSPS) is 14.1. The Bertz CT molecular complexity index is 397. The molecule has 0 heterocycles. The lowest BCUT2D eigenvalue weighted by molar-refractivity contribution is -0.138. The zero-order chi connectivity index (χ0) is 13.8. The third-order valence-corrected chi connectivity index (χ3v) is 3.44. The van der Waals surface area contributed by atoms with Crippen molar-refractivity contribution in [3.05, 3.63) is 29.8 Å². The summed E-state index contributed by atoms with van der Waals surface area (Å²) in [6.45, 7) is 4.25. The summed E-state index contributed by atoms with van der Waals surface area (Å²) >= 11 is 0. The lowest BCUT2D eigenvalue weighted by atomic mass is 10.0. The van der Waals surface area contributed by atoms with E-state index < -0.39 is 5.60 Å². The van der Waals surface area contributed by atoms with E-state index in [1.165, 1.54) is 0 Å². The van der Waals surface area contributed by atoms with E-state index >= 15 is 0 Å². The molecule has 1 unspecified atom stereocenters. The Balaban J connectivity index is 2.92. The number of carbonyl (C=O) groups is 1. The van der Waals surface area contributed by atoms with Gasteiger partial charge >= 0.3 is 0 Å². The van der Waals surface area contributed by atoms with Crippen LogP contribution < -0.4 is 10.6 Å². The summed E-state index contributed by atoms with van der Waals surface area (Å²) in [7, 11) is 3.32. The average Bonchev–Trinajstić information content (AvgIpc) is 2.44. The molecule has 1 atom stereocenters. The standard InChI is InChI=1S/C14H22N2O2/c1-5-14(2,18-4)13(17)16(3)12-8-6-11(10-15)7-9-12/h6-9H,5,10,15H2,1-4H3. The Morgan fingerprint density at radius 1 is 1.39 bits per heavy atom. The predicted molar refractivity (Wildman–Crippen MR) is 73.4 cm³/mol. The molecular formula is C14H22N2O2. The van der Waals surface area contributed by atoms with Crippen molar-refractivity contribution < 1.29 is 9.53 Å². The molecule has 0 saturated heterocycles. The first-order chi connectivity index (χ1) is 8.48. The van der Waals surface area contributed by atoms with E-state index in [4.69, 9.17) is 10.5 Å². The number of anilines is 1. The van der Waals surface area contributed by atoms with Gasteiger partial charge in [0.1, 0.15) is 5.60 Å². The van der Waals surface area contributed by atoms with E-state index in [1.807, 2.05) is 31.2 Å². The average molecular weight is 250 g/mol. The van der Waals surface area contributed by atoms with Gasteiger partial charge in [-0.2, -0.15) is 0 Å². The van der Waals surface area contributed by atoms with Gasteiger partial charge in [-0.3, -0.25) is 4.79 Å². The van der Waals surface area contributed by atoms with Crippen LogP contribution in [-0.4, -0.2) is 25.7 Å². The lowest BCUT2D eigenvalue weighted by Crippen LogP contribution is -2.46. The van der Waals surface area contributed by atoms with E-state index in [9.17, 15) is 4.79 Å². The number of amides is 1. The number of hydrogen-bond acceptors (Lipinski definition) is 3. The molecule has 0 saturated carbocycles. The molecule has 0 spiro atoms. The molecular weight excluding hydrogens is 228 g/mol. The van der Waals surface area contributed by atoms with Crippen LogP contribution in [0.25, 0.3) is 0 Å². The number of ether oxygens (including phenoxy) is 1. The number of methoxy groups -OCH3 is 1. The molecule has 0 aliphatic heterocycles. The van der Waals surface area contributed by atoms with E-state index in [-0.39, 0.29) is 5.91 Å². The number of benzene rings is 1. The maximum absolute atomic E-state index is 12.4. The molecule has 1 aromatic carbocycles. The number of carbonyl (C=O) groups excluding carboxylic acids is 1. The molecule has 0 aliphatic carbocycles. The van der Waals surface area contributed by atoms with Gasteiger partial charge in [0, 0.05) is 26.4 Å². The molecule has 2 N–H and O–H groups in total. The topological polar surface area (TPSA) is 55.6 Å². The summed E-state index contributed by atoms with van der Waals surface area (Å²) in [6, 6.07) is 7.64. The SMILES string of the molecule is CCC(C)(OC)C(=O)N(C)c1ccc(CN)cc1. The third-order valence-electron chi connectivity index (χ3n) is 3.44. The summed E-state index contributed by atoms with van der Waals surface area (Å²) in [6.07, 6.45) is 0.632. The fourth-order valence-corrected chi connectivity index (χ4v) is 1.71. The second kappa shape index (κ2) is 5.98. The third kappa shape index (κ3) is 2.89. The Morgan fingerprint density at radius 3 is 2.33 bits per heavy atom. The van der Waals surface area contributed by atoms with Gasteiger partial charge < -0.3 is 15.4 Å². The first-order valence-corrected chi connectivity index (χ1v) is 6.10. The van der Waals surface area contributed by atoms with Crippen LogP contribution in [0.5, 0.6) is 0 Å². The number of nitrogens with two attached hydrogens (primary N) is 1. The van der Waals surface area contributed by atoms with E-state index in [0.717, 1.165) is 11.3 Å². The van der Waals surface area contributed by atoms with Gasteiger partial charge in [0.2, 0.25) is 0 Å². The monoisotopic (exact) mass is 250 g/mol. The Kier molecular flexibility index (Phi) is 4.87. The van der Waals surface area contributed by atoms with Gasteiger partial charge in [0.15, 0.2) is 0 Å².